The number of nitrogens with zero attached hydrogens (tertiary/aromatic N) is 1. The monoisotopic (exact) mass is 326 g/mol. The minimum atomic E-state index is -0.570. The van der Waals surface area contributed by atoms with Gasteiger partial charge in [-0.05, 0) is 75.3 Å². The van der Waals surface area contributed by atoms with Crippen LogP contribution in [0, 0.1) is 17.3 Å². The lowest BCUT2D eigenvalue weighted by Gasteiger charge is -2.59. The smallest absolute Gasteiger partial charge is 0.226 e. The van der Waals surface area contributed by atoms with Crippen molar-refractivity contribution in [1.29, 1.82) is 0 Å². The first kappa shape index (κ1) is 14.9. The summed E-state index contributed by atoms with van der Waals surface area (Å²) in [4.78, 5) is 17.6. The Morgan fingerprint density at radius 2 is 1.96 bits per heavy atom. The van der Waals surface area contributed by atoms with E-state index < -0.39 is 5.60 Å². The molecule has 0 spiro atoms. The average molecular weight is 326 g/mol. The number of hydrogen-bond acceptors (Lipinski definition) is 3. The van der Waals surface area contributed by atoms with E-state index in [1.54, 1.807) is 0 Å². The molecule has 24 heavy (non-hydrogen) atoms. The van der Waals surface area contributed by atoms with Crippen LogP contribution in [0.3, 0.4) is 0 Å². The maximum Gasteiger partial charge on any atom is 0.226 e. The van der Waals surface area contributed by atoms with Crippen molar-refractivity contribution in [3.05, 3.63) is 30.1 Å². The molecule has 0 saturated heterocycles. The van der Waals surface area contributed by atoms with E-state index in [-0.39, 0.29) is 16.7 Å². The van der Waals surface area contributed by atoms with Crippen LogP contribution in [0.5, 0.6) is 0 Å². The molecule has 1 heterocycles. The van der Waals surface area contributed by atoms with Crippen molar-refractivity contribution in [2.45, 2.75) is 62.4 Å². The summed E-state index contributed by atoms with van der Waals surface area (Å²) in [6, 6.07) is 6.04. The van der Waals surface area contributed by atoms with Crippen LogP contribution >= 0.6 is 0 Å². The minimum absolute atomic E-state index is 0.0517. The van der Waals surface area contributed by atoms with Crippen molar-refractivity contribution in [3.63, 3.8) is 0 Å². The second kappa shape index (κ2) is 4.81. The standard InChI is InChI=1S/C20H26N2O2/c23-17(22-13-18(4-5-18)16-3-1-2-6-21-16)19-8-14-7-15(9-19)11-20(24,10-14)12-19/h1-3,6,14-15,24H,4-5,7-13H2,(H,22,23). The lowest BCUT2D eigenvalue weighted by Crippen LogP contribution is -2.60. The van der Waals surface area contributed by atoms with Crippen LogP contribution in [0.1, 0.15) is 57.1 Å². The molecule has 0 aromatic carbocycles. The Kier molecular flexibility index (Phi) is 2.98. The molecular weight excluding hydrogens is 300 g/mol. The van der Waals surface area contributed by atoms with E-state index >= 15 is 0 Å². The van der Waals surface area contributed by atoms with E-state index in [1.165, 1.54) is 6.42 Å². The van der Waals surface area contributed by atoms with E-state index in [0.717, 1.165) is 44.2 Å². The van der Waals surface area contributed by atoms with Crippen LogP contribution in [0.25, 0.3) is 0 Å². The number of rotatable bonds is 4. The van der Waals surface area contributed by atoms with Crippen LogP contribution in [0.15, 0.2) is 24.4 Å². The van der Waals surface area contributed by atoms with Gasteiger partial charge in [-0.1, -0.05) is 6.07 Å². The Bertz CT molecular complexity index is 653. The van der Waals surface area contributed by atoms with Gasteiger partial charge < -0.3 is 10.4 Å². The molecule has 5 aliphatic rings. The number of amides is 1. The predicted molar refractivity (Wildman–Crippen MR) is 90.2 cm³/mol. The minimum Gasteiger partial charge on any atom is -0.390 e. The SMILES string of the molecule is O=C(NCC1(c2ccccn2)CC1)C12CC3CC(CC(O)(C3)C1)C2. The molecule has 1 aromatic heterocycles. The number of pyridine rings is 1. The lowest BCUT2D eigenvalue weighted by molar-refractivity contribution is -0.178. The second-order valence-electron chi connectivity index (χ2n) is 9.14. The van der Waals surface area contributed by atoms with Gasteiger partial charge in [0.1, 0.15) is 0 Å². The summed E-state index contributed by atoms with van der Waals surface area (Å²) < 4.78 is 0. The van der Waals surface area contributed by atoms with Gasteiger partial charge in [-0.3, -0.25) is 9.78 Å². The third-order valence-electron chi connectivity index (χ3n) is 7.16. The molecule has 0 radical (unpaired) electrons. The second-order valence-corrected chi connectivity index (χ2v) is 9.14. The first-order valence-corrected chi connectivity index (χ1v) is 9.43. The highest BCUT2D eigenvalue weighted by Crippen LogP contribution is 2.61. The number of aliphatic hydroxyl groups is 1. The third kappa shape index (κ3) is 2.22. The van der Waals surface area contributed by atoms with Gasteiger partial charge in [0.15, 0.2) is 0 Å². The summed E-state index contributed by atoms with van der Waals surface area (Å²) >= 11 is 0. The van der Waals surface area contributed by atoms with Crippen LogP contribution in [-0.4, -0.2) is 28.1 Å². The fourth-order valence-corrected chi connectivity index (χ4v) is 6.27. The molecule has 4 nitrogen and oxygen atoms in total. The first-order chi connectivity index (χ1) is 11.5. The molecule has 128 valence electrons. The summed E-state index contributed by atoms with van der Waals surface area (Å²) in [5, 5.41) is 14.1. The lowest BCUT2D eigenvalue weighted by atomic mass is 9.47. The highest BCUT2D eigenvalue weighted by Gasteiger charge is 2.60. The fraction of sp³-hybridized carbons (Fsp3) is 0.700. The van der Waals surface area contributed by atoms with Gasteiger partial charge in [0.05, 0.1) is 11.0 Å². The molecular formula is C20H26N2O2. The van der Waals surface area contributed by atoms with E-state index in [9.17, 15) is 9.90 Å². The van der Waals surface area contributed by atoms with Gasteiger partial charge >= 0.3 is 0 Å². The fourth-order valence-electron chi connectivity index (χ4n) is 6.27. The quantitative estimate of drug-likeness (QED) is 0.894. The molecule has 5 aliphatic carbocycles. The number of carbonyl (C=O) groups is 1. The zero-order valence-corrected chi connectivity index (χ0v) is 14.1. The Morgan fingerprint density at radius 1 is 1.21 bits per heavy atom. The molecule has 2 N–H and O–H groups in total. The van der Waals surface area contributed by atoms with Gasteiger partial charge in [0, 0.05) is 23.9 Å². The van der Waals surface area contributed by atoms with Crippen LogP contribution in [0.2, 0.25) is 0 Å². The van der Waals surface area contributed by atoms with Crippen LogP contribution in [-0.2, 0) is 10.2 Å². The van der Waals surface area contributed by atoms with Crippen molar-refractivity contribution in [1.82, 2.24) is 10.3 Å². The Balaban J connectivity index is 1.31. The average Bonchev–Trinajstić information content (AvgIpc) is 3.32. The molecule has 0 aliphatic heterocycles. The molecule has 4 bridgehead atoms. The zero-order valence-electron chi connectivity index (χ0n) is 14.1. The van der Waals surface area contributed by atoms with Gasteiger partial charge in [-0.25, -0.2) is 0 Å². The third-order valence-corrected chi connectivity index (χ3v) is 7.16. The van der Waals surface area contributed by atoms with E-state index in [4.69, 9.17) is 0 Å². The van der Waals surface area contributed by atoms with Gasteiger partial charge in [-0.15, -0.1) is 0 Å². The largest absolute Gasteiger partial charge is 0.390 e. The van der Waals surface area contributed by atoms with Crippen molar-refractivity contribution in [2.75, 3.05) is 6.54 Å². The number of nitrogens with one attached hydrogen (secondary N) is 1. The summed E-state index contributed by atoms with van der Waals surface area (Å²) in [6.45, 7) is 0.693. The normalized spacial score (nSPS) is 41.2. The number of aromatic nitrogens is 1. The molecule has 4 heteroatoms. The highest BCUT2D eigenvalue weighted by atomic mass is 16.3. The van der Waals surface area contributed by atoms with Crippen molar-refractivity contribution >= 4 is 5.91 Å². The number of hydrogen-bond donors (Lipinski definition) is 2. The van der Waals surface area contributed by atoms with Crippen molar-refractivity contribution in [3.8, 4) is 0 Å². The molecule has 1 aromatic rings. The molecule has 1 amide bonds. The van der Waals surface area contributed by atoms with E-state index in [2.05, 4.69) is 16.4 Å². The maximum atomic E-state index is 13.1. The summed E-state index contributed by atoms with van der Waals surface area (Å²) in [7, 11) is 0. The highest BCUT2D eigenvalue weighted by molar-refractivity contribution is 5.83. The predicted octanol–water partition coefficient (Wildman–Crippen LogP) is 2.56. The van der Waals surface area contributed by atoms with E-state index in [1.807, 2.05) is 18.3 Å². The van der Waals surface area contributed by atoms with Crippen LogP contribution < -0.4 is 5.32 Å². The maximum absolute atomic E-state index is 13.1. The van der Waals surface area contributed by atoms with Crippen molar-refractivity contribution < 1.29 is 9.90 Å². The summed E-state index contributed by atoms with van der Waals surface area (Å²) in [6.07, 6.45) is 9.73. The molecule has 2 atom stereocenters. The first-order valence-electron chi connectivity index (χ1n) is 9.43. The van der Waals surface area contributed by atoms with Crippen LogP contribution in [0.4, 0.5) is 0 Å². The zero-order chi connectivity index (χ0) is 16.4. The van der Waals surface area contributed by atoms with E-state index in [0.29, 0.717) is 24.8 Å². The van der Waals surface area contributed by atoms with Gasteiger partial charge in [0.25, 0.3) is 0 Å². The topological polar surface area (TPSA) is 62.2 Å². The molecule has 6 rings (SSSR count). The molecule has 5 saturated carbocycles. The Labute approximate surface area is 143 Å². The Morgan fingerprint density at radius 3 is 2.54 bits per heavy atom. The Hall–Kier alpha value is -1.42. The summed E-state index contributed by atoms with van der Waals surface area (Å²) in [5.41, 5.74) is 0.281. The molecule has 5 fully saturated rings. The summed E-state index contributed by atoms with van der Waals surface area (Å²) in [5.74, 6) is 1.29. The van der Waals surface area contributed by atoms with Gasteiger partial charge in [0.2, 0.25) is 5.91 Å². The molecule has 2 unspecified atom stereocenters. The van der Waals surface area contributed by atoms with Crippen molar-refractivity contribution in [2.24, 2.45) is 17.3 Å². The number of carbonyl (C=O) groups excluding carboxylic acids is 1. The van der Waals surface area contributed by atoms with Gasteiger partial charge in [-0.2, -0.15) is 0 Å².